The van der Waals surface area contributed by atoms with E-state index in [2.05, 4.69) is 22.2 Å². The van der Waals surface area contributed by atoms with E-state index in [0.717, 1.165) is 23.8 Å². The molecule has 2 aromatic rings. The molecule has 78 valence electrons. The van der Waals surface area contributed by atoms with Gasteiger partial charge in [-0.3, -0.25) is 0 Å². The number of pyridine rings is 1. The van der Waals surface area contributed by atoms with Crippen molar-refractivity contribution in [3.63, 3.8) is 0 Å². The zero-order valence-corrected chi connectivity index (χ0v) is 9.42. The monoisotopic (exact) mass is 219 g/mol. The Morgan fingerprint density at radius 1 is 1.33 bits per heavy atom. The van der Waals surface area contributed by atoms with Crippen molar-refractivity contribution >= 4 is 17.2 Å². The summed E-state index contributed by atoms with van der Waals surface area (Å²) in [4.78, 5) is 9.84. The third-order valence-electron chi connectivity index (χ3n) is 2.04. The van der Waals surface area contributed by atoms with Crippen LogP contribution in [0, 0.1) is 0 Å². The molecule has 0 aliphatic heterocycles. The molecule has 0 saturated heterocycles. The van der Waals surface area contributed by atoms with Gasteiger partial charge in [-0.25, -0.2) is 9.97 Å². The summed E-state index contributed by atoms with van der Waals surface area (Å²) in [7, 11) is 0. The predicted octanol–water partition coefficient (Wildman–Crippen LogP) is 2.71. The number of aryl methyl sites for hydroxylation is 1. The third kappa shape index (κ3) is 2.76. The summed E-state index contributed by atoms with van der Waals surface area (Å²) < 4.78 is 0. The second kappa shape index (κ2) is 4.89. The van der Waals surface area contributed by atoms with Gasteiger partial charge in [0.25, 0.3) is 0 Å². The number of hydrogen-bond donors (Lipinski definition) is 1. The van der Waals surface area contributed by atoms with Crippen LogP contribution < -0.4 is 5.32 Å². The number of nitrogens with zero attached hydrogens (tertiary/aromatic N) is 2. The molecule has 0 bridgehead atoms. The molecule has 0 spiro atoms. The molecule has 0 unspecified atom stereocenters. The number of anilines is 1. The summed E-state index contributed by atoms with van der Waals surface area (Å²) >= 11 is 1.75. The zero-order valence-electron chi connectivity index (χ0n) is 8.60. The number of nitrogens with one attached hydrogen (secondary N) is 1. The second-order valence-electron chi connectivity index (χ2n) is 3.14. The lowest BCUT2D eigenvalue weighted by Gasteiger charge is -2.01. The lowest BCUT2D eigenvalue weighted by Crippen LogP contribution is -1.99. The maximum atomic E-state index is 4.33. The molecule has 0 radical (unpaired) electrons. The number of rotatable bonds is 4. The Labute approximate surface area is 93.2 Å². The molecule has 1 N–H and O–H groups in total. The summed E-state index contributed by atoms with van der Waals surface area (Å²) in [6.07, 6.45) is 4.78. The highest BCUT2D eigenvalue weighted by atomic mass is 32.1. The highest BCUT2D eigenvalue weighted by Crippen LogP contribution is 2.14. The fourth-order valence-corrected chi connectivity index (χ4v) is 2.03. The Balaban J connectivity index is 1.93. The first-order chi connectivity index (χ1) is 7.38. The van der Waals surface area contributed by atoms with E-state index in [0.29, 0.717) is 0 Å². The lowest BCUT2D eigenvalue weighted by atomic mass is 10.4. The smallest absolute Gasteiger partial charge is 0.126 e. The number of thiazole rings is 1. The molecule has 2 aromatic heterocycles. The summed E-state index contributed by atoms with van der Waals surface area (Å²) in [6, 6.07) is 5.83. The van der Waals surface area contributed by atoms with E-state index in [1.54, 1.807) is 17.5 Å². The van der Waals surface area contributed by atoms with Crippen LogP contribution in [-0.2, 0) is 13.0 Å². The van der Waals surface area contributed by atoms with Crippen molar-refractivity contribution in [2.45, 2.75) is 19.9 Å². The van der Waals surface area contributed by atoms with Crippen molar-refractivity contribution in [2.75, 3.05) is 5.32 Å². The molecule has 2 heterocycles. The van der Waals surface area contributed by atoms with Crippen molar-refractivity contribution < 1.29 is 0 Å². The van der Waals surface area contributed by atoms with Gasteiger partial charge in [0.05, 0.1) is 6.54 Å². The van der Waals surface area contributed by atoms with Gasteiger partial charge in [0.15, 0.2) is 0 Å². The molecule has 0 amide bonds. The first-order valence-corrected chi connectivity index (χ1v) is 5.78. The Kier molecular flexibility index (Phi) is 3.29. The van der Waals surface area contributed by atoms with Crippen LogP contribution in [0.3, 0.4) is 0 Å². The molecule has 2 rings (SSSR count). The molecular weight excluding hydrogens is 206 g/mol. The van der Waals surface area contributed by atoms with Crippen molar-refractivity contribution in [3.05, 3.63) is 40.5 Å². The Bertz CT molecular complexity index is 411. The van der Waals surface area contributed by atoms with Crippen molar-refractivity contribution in [1.29, 1.82) is 0 Å². The Morgan fingerprint density at radius 2 is 2.27 bits per heavy atom. The molecule has 0 aliphatic carbocycles. The van der Waals surface area contributed by atoms with E-state index >= 15 is 0 Å². The highest BCUT2D eigenvalue weighted by molar-refractivity contribution is 7.11. The minimum absolute atomic E-state index is 0.752. The van der Waals surface area contributed by atoms with Crippen LogP contribution >= 0.6 is 11.3 Å². The first-order valence-electron chi connectivity index (χ1n) is 4.97. The molecule has 0 saturated carbocycles. The highest BCUT2D eigenvalue weighted by Gasteiger charge is 2.00. The fourth-order valence-electron chi connectivity index (χ4n) is 1.23. The molecule has 3 nitrogen and oxygen atoms in total. The van der Waals surface area contributed by atoms with Crippen LogP contribution in [0.1, 0.15) is 16.8 Å². The quantitative estimate of drug-likeness (QED) is 0.859. The van der Waals surface area contributed by atoms with Gasteiger partial charge in [-0.2, -0.15) is 0 Å². The minimum Gasteiger partial charge on any atom is -0.364 e. The predicted molar refractivity (Wildman–Crippen MR) is 63.1 cm³/mol. The van der Waals surface area contributed by atoms with Crippen molar-refractivity contribution in [3.8, 4) is 0 Å². The van der Waals surface area contributed by atoms with Crippen LogP contribution in [0.2, 0.25) is 0 Å². The van der Waals surface area contributed by atoms with Gasteiger partial charge in [0, 0.05) is 17.3 Å². The molecule has 15 heavy (non-hydrogen) atoms. The minimum atomic E-state index is 0.752. The molecule has 0 atom stereocenters. The third-order valence-corrected chi connectivity index (χ3v) is 3.18. The molecule has 0 fully saturated rings. The fraction of sp³-hybridized carbons (Fsp3) is 0.273. The molecule has 4 heteroatoms. The zero-order chi connectivity index (χ0) is 10.5. The summed E-state index contributed by atoms with van der Waals surface area (Å²) in [6.45, 7) is 2.89. The van der Waals surface area contributed by atoms with Crippen LogP contribution in [0.15, 0.2) is 30.6 Å². The molecule has 0 aliphatic rings. The van der Waals surface area contributed by atoms with E-state index in [1.807, 2.05) is 24.4 Å². The maximum Gasteiger partial charge on any atom is 0.126 e. The van der Waals surface area contributed by atoms with Crippen molar-refractivity contribution in [2.24, 2.45) is 0 Å². The number of aromatic nitrogens is 2. The van der Waals surface area contributed by atoms with Crippen LogP contribution in [0.5, 0.6) is 0 Å². The van der Waals surface area contributed by atoms with Gasteiger partial charge in [-0.15, -0.1) is 11.3 Å². The van der Waals surface area contributed by atoms with Crippen LogP contribution in [-0.4, -0.2) is 9.97 Å². The van der Waals surface area contributed by atoms with E-state index in [-0.39, 0.29) is 0 Å². The van der Waals surface area contributed by atoms with Gasteiger partial charge in [-0.1, -0.05) is 13.0 Å². The molecular formula is C11H13N3S. The Morgan fingerprint density at radius 3 is 2.93 bits per heavy atom. The van der Waals surface area contributed by atoms with Gasteiger partial charge in [-0.05, 0) is 18.6 Å². The van der Waals surface area contributed by atoms with E-state index in [4.69, 9.17) is 0 Å². The standard InChI is InChI=1S/C11H13N3S/c1-2-9-7-14-11(15-9)8-13-10-5-3-4-6-12-10/h3-7H,2,8H2,1H3,(H,12,13). The normalized spacial score (nSPS) is 10.2. The lowest BCUT2D eigenvalue weighted by molar-refractivity contribution is 1.07. The van der Waals surface area contributed by atoms with E-state index in [1.165, 1.54) is 4.88 Å². The summed E-state index contributed by atoms with van der Waals surface area (Å²) in [5.74, 6) is 0.894. The summed E-state index contributed by atoms with van der Waals surface area (Å²) in [5, 5.41) is 4.34. The topological polar surface area (TPSA) is 37.8 Å². The largest absolute Gasteiger partial charge is 0.364 e. The van der Waals surface area contributed by atoms with Gasteiger partial charge < -0.3 is 5.32 Å². The van der Waals surface area contributed by atoms with Gasteiger partial charge >= 0.3 is 0 Å². The van der Waals surface area contributed by atoms with E-state index < -0.39 is 0 Å². The van der Waals surface area contributed by atoms with Crippen molar-refractivity contribution in [1.82, 2.24) is 9.97 Å². The van der Waals surface area contributed by atoms with Gasteiger partial charge in [0.2, 0.25) is 0 Å². The maximum absolute atomic E-state index is 4.33. The van der Waals surface area contributed by atoms with Crippen LogP contribution in [0.4, 0.5) is 5.82 Å². The SMILES string of the molecule is CCc1cnc(CNc2ccccn2)s1. The first kappa shape index (κ1) is 10.1. The summed E-state index contributed by atoms with van der Waals surface area (Å²) in [5.41, 5.74) is 0. The Hall–Kier alpha value is -1.42. The van der Waals surface area contributed by atoms with Crippen LogP contribution in [0.25, 0.3) is 0 Å². The molecule has 0 aromatic carbocycles. The average Bonchev–Trinajstić information content (AvgIpc) is 2.76. The van der Waals surface area contributed by atoms with E-state index in [9.17, 15) is 0 Å². The average molecular weight is 219 g/mol. The number of hydrogen-bond acceptors (Lipinski definition) is 4. The second-order valence-corrected chi connectivity index (χ2v) is 4.34. The van der Waals surface area contributed by atoms with Gasteiger partial charge in [0.1, 0.15) is 10.8 Å².